The molecule has 2 N–H and O–H groups in total. The molecule has 1 heterocycles. The molecule has 3 rings (SSSR count). The smallest absolute Gasteiger partial charge is 0.198 e. The summed E-state index contributed by atoms with van der Waals surface area (Å²) in [5.74, 6) is 0.512. The van der Waals surface area contributed by atoms with Crippen LogP contribution in [0.2, 0.25) is 5.02 Å². The van der Waals surface area contributed by atoms with Crippen LogP contribution < -0.4 is 4.74 Å². The van der Waals surface area contributed by atoms with Crippen molar-refractivity contribution in [3.05, 3.63) is 58.3 Å². The normalized spacial score (nSPS) is 18.1. The number of aromatic hydroxyl groups is 1. The van der Waals surface area contributed by atoms with Crippen molar-refractivity contribution >= 4 is 23.0 Å². The fraction of sp³-hybridized carbons (Fsp3) is 0.348. The Morgan fingerprint density at radius 1 is 1.00 bits per heavy atom. The van der Waals surface area contributed by atoms with E-state index < -0.39 is 11.2 Å². The lowest BCUT2D eigenvalue weighted by Gasteiger charge is -2.40. The summed E-state index contributed by atoms with van der Waals surface area (Å²) in [5.41, 5.74) is -0.306. The molecule has 0 fully saturated rings. The number of phenols is 1. The van der Waals surface area contributed by atoms with Crippen LogP contribution in [0.25, 0.3) is 5.57 Å². The Labute approximate surface area is 175 Å². The number of benzene rings is 2. The maximum Gasteiger partial charge on any atom is 0.198 e. The van der Waals surface area contributed by atoms with Gasteiger partial charge in [-0.15, -0.1) is 0 Å². The molecule has 0 unspecified atom stereocenters. The number of carbonyl (C=O) groups excluding carboxylic acids is 1. The molecule has 0 radical (unpaired) electrons. The van der Waals surface area contributed by atoms with Crippen LogP contribution in [0, 0.1) is 0 Å². The predicted octanol–water partition coefficient (Wildman–Crippen LogP) is 5.83. The summed E-state index contributed by atoms with van der Waals surface area (Å²) in [7, 11) is 0. The van der Waals surface area contributed by atoms with Crippen LogP contribution in [-0.4, -0.2) is 27.2 Å². The van der Waals surface area contributed by atoms with Crippen molar-refractivity contribution in [1.29, 1.82) is 0 Å². The number of hydrogen-bond donors (Lipinski definition) is 2. The standard InChI is InChI=1S/C23H25ClO5/c1-6-13-7-8-14(28-15-9-10-18(25)17(24)12-15)11-16(13)19-20(26)22(2,3)29-23(4,5)21(19)27/h7-12,25-26H,6H2,1-5H3. The average molecular weight is 417 g/mol. The maximum atomic E-state index is 13.1. The van der Waals surface area contributed by atoms with Crippen molar-refractivity contribution in [2.24, 2.45) is 0 Å². The van der Waals surface area contributed by atoms with E-state index in [2.05, 4.69) is 0 Å². The number of phenolic OH excluding ortho intramolecular Hbond substituents is 1. The first-order valence-electron chi connectivity index (χ1n) is 9.44. The fourth-order valence-electron chi connectivity index (χ4n) is 3.54. The molecule has 0 spiro atoms. The van der Waals surface area contributed by atoms with Crippen molar-refractivity contribution in [3.63, 3.8) is 0 Å². The Morgan fingerprint density at radius 3 is 2.24 bits per heavy atom. The van der Waals surface area contributed by atoms with Crippen molar-refractivity contribution in [2.75, 3.05) is 0 Å². The lowest BCUT2D eigenvalue weighted by atomic mass is 9.81. The Morgan fingerprint density at radius 2 is 1.62 bits per heavy atom. The third-order valence-corrected chi connectivity index (χ3v) is 5.28. The van der Waals surface area contributed by atoms with Crippen LogP contribution in [0.5, 0.6) is 17.2 Å². The number of aliphatic hydroxyl groups is 1. The van der Waals surface area contributed by atoms with E-state index in [1.807, 2.05) is 13.0 Å². The zero-order valence-corrected chi connectivity index (χ0v) is 17.9. The molecule has 154 valence electrons. The number of carbonyl (C=O) groups is 1. The highest BCUT2D eigenvalue weighted by Crippen LogP contribution is 2.42. The van der Waals surface area contributed by atoms with Gasteiger partial charge in [-0.1, -0.05) is 24.6 Å². The van der Waals surface area contributed by atoms with E-state index >= 15 is 0 Å². The van der Waals surface area contributed by atoms with Crippen LogP contribution in [0.4, 0.5) is 0 Å². The average Bonchev–Trinajstić information content (AvgIpc) is 2.63. The molecule has 5 nitrogen and oxygen atoms in total. The van der Waals surface area contributed by atoms with E-state index in [0.29, 0.717) is 23.5 Å². The first-order valence-corrected chi connectivity index (χ1v) is 9.82. The minimum atomic E-state index is -1.07. The maximum absolute atomic E-state index is 13.1. The summed E-state index contributed by atoms with van der Waals surface area (Å²) < 4.78 is 11.7. The Bertz CT molecular complexity index is 1000. The Kier molecular flexibility index (Phi) is 5.41. The fourth-order valence-corrected chi connectivity index (χ4v) is 3.71. The van der Waals surface area contributed by atoms with Gasteiger partial charge in [0, 0.05) is 6.07 Å². The van der Waals surface area contributed by atoms with Crippen LogP contribution in [0.3, 0.4) is 0 Å². The molecule has 0 saturated carbocycles. The summed E-state index contributed by atoms with van der Waals surface area (Å²) in [4.78, 5) is 13.1. The second-order valence-corrected chi connectivity index (χ2v) is 8.47. The van der Waals surface area contributed by atoms with Gasteiger partial charge in [0.2, 0.25) is 0 Å². The van der Waals surface area contributed by atoms with Crippen LogP contribution in [0.1, 0.15) is 45.7 Å². The minimum Gasteiger partial charge on any atom is -0.508 e. The number of hydrogen-bond acceptors (Lipinski definition) is 5. The number of aliphatic hydroxyl groups excluding tert-OH is 1. The van der Waals surface area contributed by atoms with Gasteiger partial charge in [0.15, 0.2) is 5.78 Å². The summed E-state index contributed by atoms with van der Waals surface area (Å²) in [5, 5.41) is 20.6. The van der Waals surface area contributed by atoms with Gasteiger partial charge in [-0.05, 0) is 69.5 Å². The van der Waals surface area contributed by atoms with Crippen molar-refractivity contribution in [2.45, 2.75) is 52.2 Å². The van der Waals surface area contributed by atoms with Gasteiger partial charge in [-0.2, -0.15) is 0 Å². The lowest BCUT2D eigenvalue weighted by molar-refractivity contribution is -0.158. The first kappa shape index (κ1) is 21.2. The molecule has 2 aromatic carbocycles. The monoisotopic (exact) mass is 416 g/mol. The van der Waals surface area contributed by atoms with Gasteiger partial charge in [-0.3, -0.25) is 4.79 Å². The van der Waals surface area contributed by atoms with Crippen molar-refractivity contribution in [3.8, 4) is 17.2 Å². The molecule has 0 aliphatic carbocycles. The highest BCUT2D eigenvalue weighted by molar-refractivity contribution is 6.32. The number of halogens is 1. The summed E-state index contributed by atoms with van der Waals surface area (Å²) in [6, 6.07) is 9.95. The zero-order valence-electron chi connectivity index (χ0n) is 17.2. The molecule has 0 atom stereocenters. The topological polar surface area (TPSA) is 76.0 Å². The van der Waals surface area contributed by atoms with Gasteiger partial charge in [0.1, 0.15) is 34.2 Å². The van der Waals surface area contributed by atoms with Crippen molar-refractivity contribution in [1.82, 2.24) is 0 Å². The molecule has 0 bridgehead atoms. The molecule has 1 aliphatic heterocycles. The number of ketones is 1. The molecule has 0 saturated heterocycles. The third-order valence-electron chi connectivity index (χ3n) is 4.98. The zero-order chi connectivity index (χ0) is 21.6. The van der Waals surface area contributed by atoms with E-state index in [9.17, 15) is 15.0 Å². The van der Waals surface area contributed by atoms with Crippen LogP contribution in [-0.2, 0) is 16.0 Å². The first-order chi connectivity index (χ1) is 13.5. The quantitative estimate of drug-likeness (QED) is 0.656. The molecule has 2 aromatic rings. The number of aryl methyl sites for hydroxylation is 1. The van der Waals surface area contributed by atoms with E-state index in [1.165, 1.54) is 12.1 Å². The molecule has 6 heteroatoms. The molecule has 0 amide bonds. The third kappa shape index (κ3) is 3.98. The molecule has 1 aliphatic rings. The SMILES string of the molecule is CCc1ccc(Oc2ccc(O)c(Cl)c2)cc1C1=C(O)C(C)(C)OC(C)(C)C1=O. The van der Waals surface area contributed by atoms with E-state index in [0.717, 1.165) is 5.56 Å². The Balaban J connectivity index is 2.12. The second-order valence-electron chi connectivity index (χ2n) is 8.06. The van der Waals surface area contributed by atoms with Gasteiger partial charge in [0.05, 0.1) is 10.6 Å². The second kappa shape index (κ2) is 7.39. The molecule has 0 aromatic heterocycles. The highest BCUT2D eigenvalue weighted by Gasteiger charge is 2.47. The van der Waals surface area contributed by atoms with Gasteiger partial charge >= 0.3 is 0 Å². The molecular formula is C23H25ClO5. The summed E-state index contributed by atoms with van der Waals surface area (Å²) >= 11 is 5.95. The minimum absolute atomic E-state index is 0.0339. The van der Waals surface area contributed by atoms with E-state index in [4.69, 9.17) is 21.1 Å². The summed E-state index contributed by atoms with van der Waals surface area (Å²) in [6.07, 6.45) is 0.673. The van der Waals surface area contributed by atoms with Gasteiger partial charge in [-0.25, -0.2) is 0 Å². The van der Waals surface area contributed by atoms with Crippen molar-refractivity contribution < 1.29 is 24.5 Å². The number of rotatable bonds is 4. The highest BCUT2D eigenvalue weighted by atomic mass is 35.5. The lowest BCUT2D eigenvalue weighted by Crippen LogP contribution is -2.49. The molecule has 29 heavy (non-hydrogen) atoms. The van der Waals surface area contributed by atoms with E-state index in [-0.39, 0.29) is 27.9 Å². The Hall–Kier alpha value is -2.50. The number of ether oxygens (including phenoxy) is 2. The summed E-state index contributed by atoms with van der Waals surface area (Å²) in [6.45, 7) is 8.86. The van der Waals surface area contributed by atoms with Gasteiger partial charge in [0.25, 0.3) is 0 Å². The van der Waals surface area contributed by atoms with Crippen LogP contribution in [0.15, 0.2) is 42.2 Å². The van der Waals surface area contributed by atoms with Gasteiger partial charge < -0.3 is 19.7 Å². The largest absolute Gasteiger partial charge is 0.508 e. The number of Topliss-reactive ketones (excluding diaryl/α,β-unsaturated/α-hetero) is 1. The van der Waals surface area contributed by atoms with Crippen LogP contribution >= 0.6 is 11.6 Å². The van der Waals surface area contributed by atoms with E-state index in [1.54, 1.807) is 45.9 Å². The predicted molar refractivity (Wildman–Crippen MR) is 113 cm³/mol. The molecular weight excluding hydrogens is 392 g/mol.